The van der Waals surface area contributed by atoms with E-state index in [0.717, 1.165) is 12.8 Å². The third-order valence-electron chi connectivity index (χ3n) is 3.95. The van der Waals surface area contributed by atoms with Crippen molar-refractivity contribution in [2.24, 2.45) is 0 Å². The minimum atomic E-state index is -4.77. The second-order valence-corrected chi connectivity index (χ2v) is 6.31. The Morgan fingerprint density at radius 1 is 1.22 bits per heavy atom. The summed E-state index contributed by atoms with van der Waals surface area (Å²) in [7, 11) is 2.85. The minimum absolute atomic E-state index is 0.00404. The number of methoxy groups -OCH3 is 1. The molecule has 0 saturated heterocycles. The van der Waals surface area contributed by atoms with Crippen LogP contribution in [0.15, 0.2) is 24.3 Å². The zero-order valence-electron chi connectivity index (χ0n) is 14.4. The van der Waals surface area contributed by atoms with Crippen LogP contribution in [0.5, 0.6) is 5.75 Å². The number of hydrogen-bond acceptors (Lipinski definition) is 6. The van der Waals surface area contributed by atoms with E-state index < -0.39 is 12.3 Å². The molecule has 6 nitrogen and oxygen atoms in total. The third kappa shape index (κ3) is 4.41. The average molecular weight is 402 g/mol. The van der Waals surface area contributed by atoms with Crippen LogP contribution in [0, 0.1) is 0 Å². The van der Waals surface area contributed by atoms with Gasteiger partial charge in [0.05, 0.1) is 7.11 Å². The van der Waals surface area contributed by atoms with Gasteiger partial charge in [-0.3, -0.25) is 0 Å². The summed E-state index contributed by atoms with van der Waals surface area (Å²) in [5, 5.41) is 0.00404. The first-order chi connectivity index (χ1) is 12.7. The number of esters is 1. The molecule has 0 spiro atoms. The van der Waals surface area contributed by atoms with Crippen LogP contribution in [-0.2, 0) is 4.74 Å². The largest absolute Gasteiger partial charge is 0.573 e. The van der Waals surface area contributed by atoms with E-state index >= 15 is 0 Å². The van der Waals surface area contributed by atoms with Crippen LogP contribution in [0.3, 0.4) is 0 Å². The molecular formula is C17H15ClF3N3O3. The number of benzene rings is 1. The van der Waals surface area contributed by atoms with Crippen LogP contribution in [0.4, 0.5) is 24.7 Å². The van der Waals surface area contributed by atoms with Crippen molar-refractivity contribution >= 4 is 29.1 Å². The molecule has 1 heterocycles. The van der Waals surface area contributed by atoms with Gasteiger partial charge in [0.15, 0.2) is 11.5 Å². The highest BCUT2D eigenvalue weighted by Gasteiger charge is 2.32. The quantitative estimate of drug-likeness (QED) is 0.689. The van der Waals surface area contributed by atoms with E-state index in [-0.39, 0.29) is 28.2 Å². The molecule has 0 atom stereocenters. The van der Waals surface area contributed by atoms with Crippen molar-refractivity contribution in [2.75, 3.05) is 19.1 Å². The number of hydrogen-bond donors (Lipinski definition) is 0. The Balaban J connectivity index is 1.95. The first-order valence-electron chi connectivity index (χ1n) is 7.95. The molecule has 0 amide bonds. The normalized spacial score (nSPS) is 14.0. The van der Waals surface area contributed by atoms with E-state index in [4.69, 9.17) is 16.3 Å². The molecule has 1 aliphatic rings. The maximum atomic E-state index is 12.3. The van der Waals surface area contributed by atoms with E-state index in [1.807, 2.05) is 0 Å². The highest BCUT2D eigenvalue weighted by molar-refractivity contribution is 6.35. The molecule has 0 radical (unpaired) electrons. The predicted molar refractivity (Wildman–Crippen MR) is 91.5 cm³/mol. The number of aromatic nitrogens is 2. The lowest BCUT2D eigenvalue weighted by molar-refractivity contribution is -0.274. The topological polar surface area (TPSA) is 64.5 Å². The molecule has 0 N–H and O–H groups in total. The van der Waals surface area contributed by atoms with Crippen molar-refractivity contribution < 1.29 is 27.4 Å². The summed E-state index contributed by atoms with van der Waals surface area (Å²) in [4.78, 5) is 22.2. The van der Waals surface area contributed by atoms with Gasteiger partial charge in [-0.05, 0) is 37.1 Å². The van der Waals surface area contributed by atoms with Crippen molar-refractivity contribution in [1.29, 1.82) is 0 Å². The molecule has 0 unspecified atom stereocenters. The number of anilines is 2. The van der Waals surface area contributed by atoms with Gasteiger partial charge in [-0.25, -0.2) is 14.8 Å². The van der Waals surface area contributed by atoms with Crippen LogP contribution >= 0.6 is 11.6 Å². The standard InChI is InChI=1S/C17H15ClF3N3O3/c1-24(10-5-7-11(8-6-10)27-17(19,20)21)15-12(18)13(16(25)26-2)22-14(23-15)9-3-4-9/h5-9H,3-4H2,1-2H3. The van der Waals surface area contributed by atoms with Gasteiger partial charge in [0.25, 0.3) is 0 Å². The third-order valence-corrected chi connectivity index (χ3v) is 4.30. The van der Waals surface area contributed by atoms with Crippen LogP contribution in [0.1, 0.15) is 35.1 Å². The number of carbonyl (C=O) groups excluding carboxylic acids is 1. The minimum Gasteiger partial charge on any atom is -0.464 e. The van der Waals surface area contributed by atoms with Gasteiger partial charge in [0, 0.05) is 18.7 Å². The van der Waals surface area contributed by atoms with Gasteiger partial charge >= 0.3 is 12.3 Å². The van der Waals surface area contributed by atoms with E-state index in [9.17, 15) is 18.0 Å². The summed E-state index contributed by atoms with van der Waals surface area (Å²) in [5.41, 5.74) is 0.456. The van der Waals surface area contributed by atoms with Gasteiger partial charge in [0.1, 0.15) is 16.6 Å². The molecule has 1 aromatic heterocycles. The molecule has 10 heteroatoms. The van der Waals surface area contributed by atoms with Crippen LogP contribution < -0.4 is 9.64 Å². The molecular weight excluding hydrogens is 387 g/mol. The fourth-order valence-electron chi connectivity index (χ4n) is 2.42. The molecule has 0 aliphatic heterocycles. The summed E-state index contributed by atoms with van der Waals surface area (Å²) < 4.78 is 45.4. The summed E-state index contributed by atoms with van der Waals surface area (Å²) in [6.07, 6.45) is -2.94. The zero-order valence-corrected chi connectivity index (χ0v) is 15.1. The maximum Gasteiger partial charge on any atom is 0.573 e. The first-order valence-corrected chi connectivity index (χ1v) is 8.32. The van der Waals surface area contributed by atoms with Gasteiger partial charge < -0.3 is 14.4 Å². The van der Waals surface area contributed by atoms with Gasteiger partial charge in [-0.2, -0.15) is 0 Å². The summed E-state index contributed by atoms with van der Waals surface area (Å²) in [6, 6.07) is 5.21. The molecule has 1 aromatic carbocycles. The second kappa shape index (κ2) is 7.22. The molecule has 2 aromatic rings. The second-order valence-electron chi connectivity index (χ2n) is 5.93. The lowest BCUT2D eigenvalue weighted by atomic mass is 10.2. The predicted octanol–water partition coefficient (Wildman–Crippen LogP) is 4.46. The fourth-order valence-corrected chi connectivity index (χ4v) is 2.71. The number of carbonyl (C=O) groups is 1. The maximum absolute atomic E-state index is 12.3. The van der Waals surface area contributed by atoms with E-state index in [0.29, 0.717) is 11.5 Å². The van der Waals surface area contributed by atoms with Crippen LogP contribution in [0.2, 0.25) is 5.02 Å². The molecule has 1 aliphatic carbocycles. The molecule has 144 valence electrons. The van der Waals surface area contributed by atoms with Crippen LogP contribution in [-0.4, -0.2) is 36.5 Å². The monoisotopic (exact) mass is 401 g/mol. The Morgan fingerprint density at radius 2 is 1.85 bits per heavy atom. The molecule has 1 saturated carbocycles. The number of alkyl halides is 3. The van der Waals surface area contributed by atoms with Crippen molar-refractivity contribution in [2.45, 2.75) is 25.1 Å². The van der Waals surface area contributed by atoms with Crippen molar-refractivity contribution in [3.63, 3.8) is 0 Å². The van der Waals surface area contributed by atoms with E-state index in [1.54, 1.807) is 11.9 Å². The molecule has 3 rings (SSSR count). The van der Waals surface area contributed by atoms with E-state index in [2.05, 4.69) is 14.7 Å². The van der Waals surface area contributed by atoms with Gasteiger partial charge in [-0.15, -0.1) is 13.2 Å². The molecule has 27 heavy (non-hydrogen) atoms. The lowest BCUT2D eigenvalue weighted by Gasteiger charge is -2.21. The van der Waals surface area contributed by atoms with Crippen LogP contribution in [0.25, 0.3) is 0 Å². The highest BCUT2D eigenvalue weighted by atomic mass is 35.5. The summed E-state index contributed by atoms with van der Waals surface area (Å²) >= 11 is 6.30. The number of rotatable bonds is 5. The summed E-state index contributed by atoms with van der Waals surface area (Å²) in [6.45, 7) is 0. The first kappa shape index (κ1) is 19.2. The Hall–Kier alpha value is -2.55. The fraction of sp³-hybridized carbons (Fsp3) is 0.353. The molecule has 0 bridgehead atoms. The van der Waals surface area contributed by atoms with Gasteiger partial charge in [0.2, 0.25) is 0 Å². The Kier molecular flexibility index (Phi) is 5.14. The number of nitrogens with zero attached hydrogens (tertiary/aromatic N) is 3. The smallest absolute Gasteiger partial charge is 0.464 e. The highest BCUT2D eigenvalue weighted by Crippen LogP contribution is 2.41. The average Bonchev–Trinajstić information content (AvgIpc) is 3.45. The zero-order chi connectivity index (χ0) is 19.8. The SMILES string of the molecule is COC(=O)c1nc(C2CC2)nc(N(C)c2ccc(OC(F)(F)F)cc2)c1Cl. The Labute approximate surface area is 157 Å². The lowest BCUT2D eigenvalue weighted by Crippen LogP contribution is -2.18. The van der Waals surface area contributed by atoms with E-state index in [1.165, 1.54) is 31.4 Å². The summed E-state index contributed by atoms with van der Waals surface area (Å²) in [5.74, 6) is -0.132. The Bertz CT molecular complexity index is 855. The van der Waals surface area contributed by atoms with Crippen molar-refractivity contribution in [3.05, 3.63) is 40.8 Å². The van der Waals surface area contributed by atoms with Crippen molar-refractivity contribution in [3.8, 4) is 5.75 Å². The van der Waals surface area contributed by atoms with Gasteiger partial charge in [-0.1, -0.05) is 11.6 Å². The molecule has 1 fully saturated rings. The Morgan fingerprint density at radius 3 is 2.37 bits per heavy atom. The number of halogens is 4. The van der Waals surface area contributed by atoms with Crippen molar-refractivity contribution in [1.82, 2.24) is 9.97 Å². The number of ether oxygens (including phenoxy) is 2.